The van der Waals surface area contributed by atoms with Gasteiger partial charge in [0.1, 0.15) is 42.7 Å². The van der Waals surface area contributed by atoms with Gasteiger partial charge in [-0.1, -0.05) is 71.9 Å². The molecule has 2 aliphatic heterocycles. The molecule has 13 nitrogen and oxygen atoms in total. The fraction of sp³-hybridized carbons (Fsp3) is 0.484. The molecule has 0 amide bonds. The molecule has 0 aliphatic carbocycles. The zero-order valence-electron chi connectivity index (χ0n) is 25.0. The highest BCUT2D eigenvalue weighted by Crippen LogP contribution is 2.25. The van der Waals surface area contributed by atoms with Crippen molar-refractivity contribution in [1.29, 1.82) is 0 Å². The molecule has 0 aromatic heterocycles. The molecular weight excluding hydrogens is 580 g/mol. The predicted octanol–water partition coefficient (Wildman–Crippen LogP) is 0.331. The van der Waals surface area contributed by atoms with Crippen molar-refractivity contribution in [1.82, 2.24) is 0 Å². The van der Waals surface area contributed by atoms with Crippen molar-refractivity contribution in [3.05, 3.63) is 83.1 Å². The van der Waals surface area contributed by atoms with Crippen molar-refractivity contribution < 1.29 is 64.3 Å². The third-order valence-electron chi connectivity index (χ3n) is 6.67. The Kier molecular flexibility index (Phi) is 15.0. The third-order valence-corrected chi connectivity index (χ3v) is 6.67. The normalized spacial score (nSPS) is 33.0. The molecule has 0 radical (unpaired) electrons. The minimum atomic E-state index is -1.77. The van der Waals surface area contributed by atoms with E-state index in [2.05, 4.69) is 0 Å². The molecular formula is C31H42O13. The number of carboxylic acid groups (broad SMARTS) is 1. The van der Waals surface area contributed by atoms with E-state index in [1.807, 2.05) is 38.2 Å². The van der Waals surface area contributed by atoms with Crippen molar-refractivity contribution in [2.45, 2.75) is 83.0 Å². The highest BCUT2D eigenvalue weighted by Gasteiger charge is 2.47. The lowest BCUT2D eigenvalue weighted by molar-refractivity contribution is -0.314. The number of allylic oxidation sites excluding steroid dienone is 12. The second-order valence-corrected chi connectivity index (χ2v) is 10.4. The van der Waals surface area contributed by atoms with Gasteiger partial charge in [-0.15, -0.1) is 0 Å². The van der Waals surface area contributed by atoms with Crippen molar-refractivity contribution >= 4 is 11.9 Å². The van der Waals surface area contributed by atoms with Crippen LogP contribution in [0, 0.1) is 0 Å². The molecule has 2 heterocycles. The lowest BCUT2D eigenvalue weighted by Crippen LogP contribution is -2.60. The molecule has 0 aromatic rings. The van der Waals surface area contributed by atoms with Crippen LogP contribution in [0.4, 0.5) is 0 Å². The number of carbonyl (C=O) groups is 2. The summed E-state index contributed by atoms with van der Waals surface area (Å²) < 4.78 is 21.1. The van der Waals surface area contributed by atoms with Crippen molar-refractivity contribution in [3.8, 4) is 0 Å². The standard InChI is InChI=1S/C31H42O13/c1-17(11-7-13-19(3)28(38)39)9-5-6-10-18(2)12-8-14-20(4)29(40)44-31-27(37)25(35)24(34)22(43-31)16-42-30-26(36)23(33)21(32)15-41-30/h5-14,21-27,30-37H,15-16H2,1-4H3,(H,38,39)/b6-5+,11-7+,12-8+,17-9+,18-10+,19-13+,20-14+/t21-,22?,23+,24-,25+,26?,27?,30+,31+/m1/s1. The van der Waals surface area contributed by atoms with E-state index in [1.165, 1.54) is 26.0 Å². The molecule has 3 unspecified atom stereocenters. The molecule has 44 heavy (non-hydrogen) atoms. The van der Waals surface area contributed by atoms with E-state index >= 15 is 0 Å². The number of ether oxygens (including phenoxy) is 4. The first-order valence-electron chi connectivity index (χ1n) is 13.9. The topological polar surface area (TPSA) is 213 Å². The lowest BCUT2D eigenvalue weighted by atomic mass is 9.99. The van der Waals surface area contributed by atoms with E-state index < -0.39 is 73.9 Å². The summed E-state index contributed by atoms with van der Waals surface area (Å²) in [4.78, 5) is 23.4. The first-order chi connectivity index (χ1) is 20.7. The van der Waals surface area contributed by atoms with Crippen molar-refractivity contribution in [2.75, 3.05) is 13.2 Å². The number of aliphatic carboxylic acids is 1. The molecule has 7 N–H and O–H groups in total. The first kappa shape index (κ1) is 36.9. The van der Waals surface area contributed by atoms with Crippen LogP contribution < -0.4 is 0 Å². The van der Waals surface area contributed by atoms with Crippen LogP contribution in [0.2, 0.25) is 0 Å². The Morgan fingerprint density at radius 3 is 1.82 bits per heavy atom. The van der Waals surface area contributed by atoms with Gasteiger partial charge in [0.2, 0.25) is 6.29 Å². The van der Waals surface area contributed by atoms with E-state index in [4.69, 9.17) is 24.1 Å². The predicted molar refractivity (Wildman–Crippen MR) is 157 cm³/mol. The quantitative estimate of drug-likeness (QED) is 0.0889. The van der Waals surface area contributed by atoms with Gasteiger partial charge in [0.15, 0.2) is 6.29 Å². The van der Waals surface area contributed by atoms with Gasteiger partial charge < -0.3 is 54.7 Å². The number of hydrogen-bond acceptors (Lipinski definition) is 12. The molecule has 2 rings (SSSR count). The summed E-state index contributed by atoms with van der Waals surface area (Å²) >= 11 is 0. The molecule has 0 aromatic carbocycles. The number of aliphatic hydroxyl groups is 6. The summed E-state index contributed by atoms with van der Waals surface area (Å²) in [5.74, 6) is -1.83. The summed E-state index contributed by atoms with van der Waals surface area (Å²) in [6.45, 7) is 5.92. The monoisotopic (exact) mass is 622 g/mol. The fourth-order valence-electron chi connectivity index (χ4n) is 3.82. The number of carbonyl (C=O) groups excluding carboxylic acids is 1. The number of esters is 1. The van der Waals surface area contributed by atoms with E-state index in [9.17, 15) is 40.2 Å². The highest BCUT2D eigenvalue weighted by molar-refractivity contribution is 5.88. The van der Waals surface area contributed by atoms with Gasteiger partial charge in [-0.25, -0.2) is 9.59 Å². The Labute approximate surface area is 255 Å². The maximum absolute atomic E-state index is 12.6. The average molecular weight is 623 g/mol. The second-order valence-electron chi connectivity index (χ2n) is 10.4. The Hall–Kier alpha value is -3.24. The van der Waals surface area contributed by atoms with Gasteiger partial charge in [-0.3, -0.25) is 0 Å². The molecule has 0 saturated carbocycles. The number of rotatable bonds is 12. The molecule has 244 valence electrons. The molecule has 0 bridgehead atoms. The van der Waals surface area contributed by atoms with Crippen LogP contribution in [-0.4, -0.2) is 116 Å². The minimum absolute atomic E-state index is 0.151. The van der Waals surface area contributed by atoms with Crippen molar-refractivity contribution in [2.24, 2.45) is 0 Å². The van der Waals surface area contributed by atoms with Crippen LogP contribution in [0.3, 0.4) is 0 Å². The SMILES string of the molecule is CC(/C=C/C=C(\C)C(=O)O)=C\C=C\C=C(C)\C=C\C=C(/C)C(=O)O[C@@H]1OC(CO[C@@H]2OC[C@@H](O)[C@H](O)C2O)[C@@H](O)[C@H](O)C1O. The van der Waals surface area contributed by atoms with Gasteiger partial charge in [-0.05, 0) is 27.7 Å². The minimum Gasteiger partial charge on any atom is -0.478 e. The van der Waals surface area contributed by atoms with Crippen LogP contribution >= 0.6 is 0 Å². The van der Waals surface area contributed by atoms with Crippen molar-refractivity contribution in [3.63, 3.8) is 0 Å². The van der Waals surface area contributed by atoms with Gasteiger partial charge in [0, 0.05) is 11.1 Å². The van der Waals surface area contributed by atoms with Crippen LogP contribution in [0.1, 0.15) is 27.7 Å². The Balaban J connectivity index is 1.91. The maximum Gasteiger partial charge on any atom is 0.336 e. The van der Waals surface area contributed by atoms with Gasteiger partial charge in [0.05, 0.1) is 13.2 Å². The molecule has 2 fully saturated rings. The number of aliphatic hydroxyl groups excluding tert-OH is 6. The van der Waals surface area contributed by atoms with Gasteiger partial charge >= 0.3 is 11.9 Å². The smallest absolute Gasteiger partial charge is 0.336 e. The Bertz CT molecular complexity index is 1190. The van der Waals surface area contributed by atoms with Crippen LogP contribution in [0.15, 0.2) is 83.1 Å². The molecule has 9 atom stereocenters. The van der Waals surface area contributed by atoms with Crippen LogP contribution in [-0.2, 0) is 28.5 Å². The molecule has 13 heteroatoms. The van der Waals surface area contributed by atoms with E-state index in [-0.39, 0.29) is 17.8 Å². The summed E-state index contributed by atoms with van der Waals surface area (Å²) in [6, 6.07) is 0. The maximum atomic E-state index is 12.6. The summed E-state index contributed by atoms with van der Waals surface area (Å²) in [5.41, 5.74) is 2.16. The largest absolute Gasteiger partial charge is 0.478 e. The molecule has 2 saturated heterocycles. The summed E-state index contributed by atoms with van der Waals surface area (Å²) in [6.07, 6.45) is 3.22. The zero-order chi connectivity index (χ0) is 33.0. The highest BCUT2D eigenvalue weighted by atomic mass is 16.7. The number of hydrogen-bond donors (Lipinski definition) is 7. The summed E-state index contributed by atoms with van der Waals surface area (Å²) in [7, 11) is 0. The van der Waals surface area contributed by atoms with E-state index in [1.54, 1.807) is 24.3 Å². The summed E-state index contributed by atoms with van der Waals surface area (Å²) in [5, 5.41) is 69.0. The Morgan fingerprint density at radius 1 is 0.705 bits per heavy atom. The van der Waals surface area contributed by atoms with E-state index in [0.717, 1.165) is 11.1 Å². The third kappa shape index (κ3) is 11.4. The first-order valence-corrected chi connectivity index (χ1v) is 13.9. The second kappa shape index (κ2) is 17.9. The molecule has 0 spiro atoms. The average Bonchev–Trinajstić information content (AvgIpc) is 2.98. The van der Waals surface area contributed by atoms with Crippen LogP contribution in [0.25, 0.3) is 0 Å². The lowest BCUT2D eigenvalue weighted by Gasteiger charge is -2.41. The number of carboxylic acids is 1. The van der Waals surface area contributed by atoms with E-state index in [0.29, 0.717) is 0 Å². The zero-order valence-corrected chi connectivity index (χ0v) is 25.0. The van der Waals surface area contributed by atoms with Gasteiger partial charge in [0.25, 0.3) is 0 Å². The molecule has 2 aliphatic rings. The van der Waals surface area contributed by atoms with Crippen LogP contribution in [0.5, 0.6) is 0 Å². The Morgan fingerprint density at radius 2 is 1.25 bits per heavy atom. The fourth-order valence-corrected chi connectivity index (χ4v) is 3.82. The van der Waals surface area contributed by atoms with Gasteiger partial charge in [-0.2, -0.15) is 0 Å².